The van der Waals surface area contributed by atoms with Crippen molar-refractivity contribution in [1.29, 1.82) is 0 Å². The summed E-state index contributed by atoms with van der Waals surface area (Å²) in [5.41, 5.74) is 2.22. The normalized spacial score (nSPS) is 10.8. The van der Waals surface area contributed by atoms with Crippen LogP contribution in [0.25, 0.3) is 22.6 Å². The van der Waals surface area contributed by atoms with Crippen molar-refractivity contribution in [2.24, 2.45) is 0 Å². The van der Waals surface area contributed by atoms with Crippen molar-refractivity contribution in [2.45, 2.75) is 0 Å². The van der Waals surface area contributed by atoms with Gasteiger partial charge in [0.1, 0.15) is 5.52 Å². The molecule has 0 saturated carbocycles. The van der Waals surface area contributed by atoms with Crippen LogP contribution in [0.15, 0.2) is 65.1 Å². The maximum atomic E-state index is 12.3. The van der Waals surface area contributed by atoms with Crippen LogP contribution in [-0.4, -0.2) is 15.8 Å². The lowest BCUT2D eigenvalue weighted by molar-refractivity contribution is -0.384. The highest BCUT2D eigenvalue weighted by atomic mass is 35.5. The number of nitrogens with one attached hydrogen (secondary N) is 1. The maximum Gasteiger partial charge on any atom is 0.270 e. The van der Waals surface area contributed by atoms with Crippen LogP contribution in [0.1, 0.15) is 10.4 Å². The number of rotatable bonds is 4. The summed E-state index contributed by atoms with van der Waals surface area (Å²) in [6.45, 7) is 0. The Morgan fingerprint density at radius 2 is 1.83 bits per heavy atom. The zero-order valence-electron chi connectivity index (χ0n) is 14.6. The lowest BCUT2D eigenvalue weighted by Gasteiger charge is -2.05. The molecule has 1 N–H and O–H groups in total. The largest absolute Gasteiger partial charge is 0.435 e. The first-order chi connectivity index (χ1) is 13.9. The van der Waals surface area contributed by atoms with Crippen molar-refractivity contribution in [1.82, 2.24) is 4.98 Å². The zero-order valence-corrected chi connectivity index (χ0v) is 16.1. The van der Waals surface area contributed by atoms with Gasteiger partial charge in [0.05, 0.1) is 9.95 Å². The van der Waals surface area contributed by atoms with Crippen molar-refractivity contribution in [2.75, 3.05) is 5.32 Å². The van der Waals surface area contributed by atoms with Gasteiger partial charge < -0.3 is 9.73 Å². The van der Waals surface area contributed by atoms with Gasteiger partial charge in [-0.15, -0.1) is 0 Å². The minimum absolute atomic E-state index is 0.150. The summed E-state index contributed by atoms with van der Waals surface area (Å²) >= 11 is 12.1. The lowest BCUT2D eigenvalue weighted by atomic mass is 10.1. The number of anilines is 1. The molecule has 0 aliphatic rings. The molecule has 0 fully saturated rings. The van der Waals surface area contributed by atoms with Gasteiger partial charge in [0.2, 0.25) is 5.89 Å². The standard InChI is InChI=1S/C20H11Cl2N3O4/c21-13-9-16(22)18-17(10-13)24-20(29-18)11-4-6-14(7-5-11)23-19(26)12-2-1-3-15(8-12)25(27)28/h1-10H,(H,23,26). The van der Waals surface area contributed by atoms with E-state index in [9.17, 15) is 14.9 Å². The van der Waals surface area contributed by atoms with Crippen LogP contribution in [0, 0.1) is 10.1 Å². The number of aromatic nitrogens is 1. The van der Waals surface area contributed by atoms with Crippen molar-refractivity contribution >= 4 is 51.6 Å². The van der Waals surface area contributed by atoms with Crippen LogP contribution in [0.5, 0.6) is 0 Å². The number of benzene rings is 3. The summed E-state index contributed by atoms with van der Waals surface area (Å²) < 4.78 is 5.71. The predicted molar refractivity (Wildman–Crippen MR) is 111 cm³/mol. The summed E-state index contributed by atoms with van der Waals surface area (Å²) in [6.07, 6.45) is 0. The molecule has 1 amide bonds. The average molecular weight is 428 g/mol. The predicted octanol–water partition coefficient (Wildman–Crippen LogP) is 5.96. The van der Waals surface area contributed by atoms with E-state index in [0.717, 1.165) is 0 Å². The smallest absolute Gasteiger partial charge is 0.270 e. The van der Waals surface area contributed by atoms with E-state index < -0.39 is 10.8 Å². The monoisotopic (exact) mass is 427 g/mol. The topological polar surface area (TPSA) is 98.3 Å². The minimum atomic E-state index is -0.550. The van der Waals surface area contributed by atoms with Gasteiger partial charge in [0.25, 0.3) is 11.6 Å². The van der Waals surface area contributed by atoms with Gasteiger partial charge >= 0.3 is 0 Å². The van der Waals surface area contributed by atoms with E-state index in [2.05, 4.69) is 10.3 Å². The molecule has 1 aromatic heterocycles. The zero-order chi connectivity index (χ0) is 20.5. The fourth-order valence-corrected chi connectivity index (χ4v) is 3.26. The van der Waals surface area contributed by atoms with E-state index in [0.29, 0.717) is 38.3 Å². The number of hydrogen-bond acceptors (Lipinski definition) is 5. The molecule has 4 rings (SSSR count). The molecule has 1 heterocycles. The number of fused-ring (bicyclic) bond motifs is 1. The molecule has 29 heavy (non-hydrogen) atoms. The first-order valence-electron chi connectivity index (χ1n) is 8.32. The molecular formula is C20H11Cl2N3O4. The number of nitrogens with zero attached hydrogens (tertiary/aromatic N) is 2. The molecular weight excluding hydrogens is 417 g/mol. The Morgan fingerprint density at radius 1 is 1.07 bits per heavy atom. The van der Waals surface area contributed by atoms with E-state index >= 15 is 0 Å². The Bertz CT molecular complexity index is 1250. The molecule has 7 nitrogen and oxygen atoms in total. The number of hydrogen-bond donors (Lipinski definition) is 1. The second kappa shape index (κ2) is 7.54. The number of carbonyl (C=O) groups is 1. The number of oxazole rings is 1. The lowest BCUT2D eigenvalue weighted by Crippen LogP contribution is -2.11. The average Bonchev–Trinajstić information content (AvgIpc) is 3.13. The summed E-state index contributed by atoms with van der Waals surface area (Å²) in [5.74, 6) is -0.0922. The van der Waals surface area contributed by atoms with Gasteiger partial charge in [-0.05, 0) is 42.5 Å². The van der Waals surface area contributed by atoms with Gasteiger partial charge in [0.15, 0.2) is 5.58 Å². The number of halogens is 2. The first kappa shape index (κ1) is 18.9. The van der Waals surface area contributed by atoms with Crippen LogP contribution in [0.2, 0.25) is 10.0 Å². The third-order valence-electron chi connectivity index (χ3n) is 4.12. The minimum Gasteiger partial charge on any atom is -0.435 e. The summed E-state index contributed by atoms with van der Waals surface area (Å²) in [7, 11) is 0. The summed E-state index contributed by atoms with van der Waals surface area (Å²) in [4.78, 5) is 27.0. The van der Waals surface area contributed by atoms with Crippen molar-refractivity contribution in [3.63, 3.8) is 0 Å². The highest BCUT2D eigenvalue weighted by Crippen LogP contribution is 2.32. The molecule has 0 atom stereocenters. The Kier molecular flexibility index (Phi) is 4.92. The van der Waals surface area contributed by atoms with Crippen LogP contribution >= 0.6 is 23.2 Å². The number of carbonyl (C=O) groups excluding carboxylic acids is 1. The first-order valence-corrected chi connectivity index (χ1v) is 9.08. The van der Waals surface area contributed by atoms with E-state index in [-0.39, 0.29) is 11.3 Å². The third-order valence-corrected chi connectivity index (χ3v) is 4.62. The van der Waals surface area contributed by atoms with E-state index in [1.807, 2.05) is 0 Å². The molecule has 0 aliphatic carbocycles. The van der Waals surface area contributed by atoms with Crippen molar-refractivity contribution < 1.29 is 14.1 Å². The molecule has 144 valence electrons. The second-order valence-corrected chi connectivity index (χ2v) is 6.94. The van der Waals surface area contributed by atoms with E-state index in [1.54, 1.807) is 36.4 Å². The Morgan fingerprint density at radius 3 is 2.55 bits per heavy atom. The number of amides is 1. The summed E-state index contributed by atoms with van der Waals surface area (Å²) in [5, 5.41) is 14.4. The fraction of sp³-hybridized carbons (Fsp3) is 0. The van der Waals surface area contributed by atoms with Gasteiger partial charge in [-0.25, -0.2) is 4.98 Å². The van der Waals surface area contributed by atoms with E-state index in [4.69, 9.17) is 27.6 Å². The maximum absolute atomic E-state index is 12.3. The summed E-state index contributed by atoms with van der Waals surface area (Å²) in [6, 6.07) is 15.5. The molecule has 0 bridgehead atoms. The SMILES string of the molecule is O=C(Nc1ccc(-c2nc3cc(Cl)cc(Cl)c3o2)cc1)c1cccc([N+](=O)[O-])c1. The van der Waals surface area contributed by atoms with Crippen LogP contribution in [0.3, 0.4) is 0 Å². The van der Waals surface area contributed by atoms with Crippen LogP contribution < -0.4 is 5.32 Å². The Hall–Kier alpha value is -3.42. The molecule has 0 radical (unpaired) electrons. The van der Waals surface area contributed by atoms with E-state index in [1.165, 1.54) is 24.3 Å². The molecule has 0 saturated heterocycles. The Labute approximate surface area is 174 Å². The second-order valence-electron chi connectivity index (χ2n) is 6.09. The van der Waals surface area contributed by atoms with Crippen LogP contribution in [0.4, 0.5) is 11.4 Å². The number of nitro benzene ring substituents is 1. The molecule has 9 heteroatoms. The van der Waals surface area contributed by atoms with Gasteiger partial charge in [-0.2, -0.15) is 0 Å². The van der Waals surface area contributed by atoms with Gasteiger partial charge in [0, 0.05) is 34.0 Å². The number of non-ortho nitro benzene ring substituents is 1. The van der Waals surface area contributed by atoms with Crippen LogP contribution in [-0.2, 0) is 0 Å². The highest BCUT2D eigenvalue weighted by Gasteiger charge is 2.14. The van der Waals surface area contributed by atoms with Crippen molar-refractivity contribution in [3.8, 4) is 11.5 Å². The fourth-order valence-electron chi connectivity index (χ4n) is 2.74. The van der Waals surface area contributed by atoms with Crippen molar-refractivity contribution in [3.05, 3.63) is 86.4 Å². The third kappa shape index (κ3) is 3.91. The highest BCUT2D eigenvalue weighted by molar-refractivity contribution is 6.38. The molecule has 0 spiro atoms. The molecule has 0 aliphatic heterocycles. The molecule has 4 aromatic rings. The quantitative estimate of drug-likeness (QED) is 0.319. The molecule has 3 aromatic carbocycles. The number of nitro groups is 1. The van der Waals surface area contributed by atoms with Gasteiger partial charge in [-0.3, -0.25) is 14.9 Å². The Balaban J connectivity index is 1.55. The molecule has 0 unspecified atom stereocenters. The van der Waals surface area contributed by atoms with Gasteiger partial charge in [-0.1, -0.05) is 29.3 Å².